The highest BCUT2D eigenvalue weighted by Crippen LogP contribution is 2.39. The number of nitrogens with zero attached hydrogens (tertiary/aromatic N) is 1. The molecule has 0 N–H and O–H groups in total. The first-order valence-electron chi connectivity index (χ1n) is 16.1. The van der Waals surface area contributed by atoms with Crippen molar-refractivity contribution in [3.63, 3.8) is 0 Å². The second kappa shape index (κ2) is 12.7. The average molecular weight is 600 g/mol. The van der Waals surface area contributed by atoms with Gasteiger partial charge in [-0.2, -0.15) is 0 Å². The Morgan fingerprint density at radius 1 is 0.255 bits per heavy atom. The lowest BCUT2D eigenvalue weighted by Gasteiger charge is -2.26. The maximum absolute atomic E-state index is 2.35. The molecule has 0 spiro atoms. The summed E-state index contributed by atoms with van der Waals surface area (Å²) in [5.41, 5.74) is 13.0. The molecule has 0 aliphatic heterocycles. The SMILES string of the molecule is c1ccc(-c2ccc(-c3cccc(N(c4ccccc4)c4cccc(-c5cccc(-c6cccc7ccccc67)c5)c4)c3)cc2)cc1. The lowest BCUT2D eigenvalue weighted by Crippen LogP contribution is -2.10. The molecule has 0 aromatic heterocycles. The van der Waals surface area contributed by atoms with E-state index in [-0.39, 0.29) is 0 Å². The molecule has 47 heavy (non-hydrogen) atoms. The molecule has 0 bridgehead atoms. The fourth-order valence-corrected chi connectivity index (χ4v) is 6.50. The number of fused-ring (bicyclic) bond motifs is 1. The van der Waals surface area contributed by atoms with E-state index in [1.165, 1.54) is 55.3 Å². The van der Waals surface area contributed by atoms with E-state index in [4.69, 9.17) is 0 Å². The lowest BCUT2D eigenvalue weighted by molar-refractivity contribution is 1.28. The topological polar surface area (TPSA) is 3.24 Å². The first kappa shape index (κ1) is 28.3. The standard InChI is InChI=1S/C46H33N/c1-3-13-34(14-4-1)35-27-29-36(30-28-35)39-18-10-23-43(32-39)47(42-21-5-2-6-22-42)44-24-11-19-40(33-44)38-17-9-20-41(31-38)46-26-12-16-37-15-7-8-25-45(37)46/h1-33H. The van der Waals surface area contributed by atoms with Crippen LogP contribution in [0, 0.1) is 0 Å². The van der Waals surface area contributed by atoms with Crippen molar-refractivity contribution in [3.8, 4) is 44.5 Å². The predicted octanol–water partition coefficient (Wildman–Crippen LogP) is 13.0. The zero-order valence-electron chi connectivity index (χ0n) is 26.0. The summed E-state index contributed by atoms with van der Waals surface area (Å²) in [6.45, 7) is 0. The Bertz CT molecular complexity index is 2280. The average Bonchev–Trinajstić information content (AvgIpc) is 3.16. The van der Waals surface area contributed by atoms with Crippen molar-refractivity contribution in [2.24, 2.45) is 0 Å². The number of hydrogen-bond acceptors (Lipinski definition) is 1. The van der Waals surface area contributed by atoms with Crippen molar-refractivity contribution < 1.29 is 0 Å². The molecule has 1 nitrogen and oxygen atoms in total. The molecule has 0 unspecified atom stereocenters. The molecule has 0 heterocycles. The van der Waals surface area contributed by atoms with E-state index in [9.17, 15) is 0 Å². The van der Waals surface area contributed by atoms with Gasteiger partial charge in [0, 0.05) is 17.1 Å². The smallest absolute Gasteiger partial charge is 0.0467 e. The van der Waals surface area contributed by atoms with Gasteiger partial charge in [0.25, 0.3) is 0 Å². The number of rotatable bonds is 7. The molecule has 8 aromatic carbocycles. The summed E-state index contributed by atoms with van der Waals surface area (Å²) in [5.74, 6) is 0. The van der Waals surface area contributed by atoms with Crippen molar-refractivity contribution in [2.75, 3.05) is 4.90 Å². The molecule has 0 atom stereocenters. The number of hydrogen-bond donors (Lipinski definition) is 0. The summed E-state index contributed by atoms with van der Waals surface area (Å²) in [7, 11) is 0. The minimum Gasteiger partial charge on any atom is -0.310 e. The van der Waals surface area contributed by atoms with Crippen LogP contribution in [-0.4, -0.2) is 0 Å². The molecule has 8 rings (SSSR count). The molecule has 0 saturated heterocycles. The van der Waals surface area contributed by atoms with Crippen LogP contribution in [0.5, 0.6) is 0 Å². The zero-order chi connectivity index (χ0) is 31.4. The van der Waals surface area contributed by atoms with Crippen LogP contribution in [-0.2, 0) is 0 Å². The van der Waals surface area contributed by atoms with Crippen molar-refractivity contribution >= 4 is 27.8 Å². The number of anilines is 3. The van der Waals surface area contributed by atoms with Gasteiger partial charge < -0.3 is 4.90 Å². The fraction of sp³-hybridized carbons (Fsp3) is 0. The van der Waals surface area contributed by atoms with E-state index < -0.39 is 0 Å². The second-order valence-electron chi connectivity index (χ2n) is 11.8. The molecule has 0 aliphatic carbocycles. The third-order valence-corrected chi connectivity index (χ3v) is 8.84. The van der Waals surface area contributed by atoms with Crippen molar-refractivity contribution in [3.05, 3.63) is 200 Å². The van der Waals surface area contributed by atoms with Gasteiger partial charge in [0.2, 0.25) is 0 Å². The van der Waals surface area contributed by atoms with E-state index in [2.05, 4.69) is 205 Å². The summed E-state index contributed by atoms with van der Waals surface area (Å²) >= 11 is 0. The highest BCUT2D eigenvalue weighted by molar-refractivity contribution is 5.97. The largest absolute Gasteiger partial charge is 0.310 e. The van der Waals surface area contributed by atoms with Gasteiger partial charge in [-0.15, -0.1) is 0 Å². The van der Waals surface area contributed by atoms with Crippen LogP contribution in [0.15, 0.2) is 200 Å². The van der Waals surface area contributed by atoms with Crippen molar-refractivity contribution in [2.45, 2.75) is 0 Å². The molecule has 8 aromatic rings. The van der Waals surface area contributed by atoms with E-state index in [0.717, 1.165) is 17.1 Å². The van der Waals surface area contributed by atoms with Gasteiger partial charge in [0.15, 0.2) is 0 Å². The summed E-state index contributed by atoms with van der Waals surface area (Å²) in [6, 6.07) is 71.8. The first-order valence-corrected chi connectivity index (χ1v) is 16.1. The minimum absolute atomic E-state index is 1.11. The van der Waals surface area contributed by atoms with Gasteiger partial charge in [-0.05, 0) is 97.7 Å². The van der Waals surface area contributed by atoms with Crippen LogP contribution < -0.4 is 4.90 Å². The Balaban J connectivity index is 1.17. The molecule has 0 radical (unpaired) electrons. The van der Waals surface area contributed by atoms with E-state index >= 15 is 0 Å². The van der Waals surface area contributed by atoms with E-state index in [1.807, 2.05) is 0 Å². The highest BCUT2D eigenvalue weighted by Gasteiger charge is 2.15. The van der Waals surface area contributed by atoms with Crippen LogP contribution >= 0.6 is 0 Å². The molecular formula is C46H33N. The quantitative estimate of drug-likeness (QED) is 0.176. The molecule has 0 fully saturated rings. The maximum atomic E-state index is 2.35. The molecule has 0 saturated carbocycles. The van der Waals surface area contributed by atoms with Crippen LogP contribution in [0.3, 0.4) is 0 Å². The zero-order valence-corrected chi connectivity index (χ0v) is 26.0. The Hall–Kier alpha value is -6.18. The van der Waals surface area contributed by atoms with Crippen molar-refractivity contribution in [1.82, 2.24) is 0 Å². The van der Waals surface area contributed by atoms with Crippen LogP contribution in [0.4, 0.5) is 17.1 Å². The maximum Gasteiger partial charge on any atom is 0.0467 e. The first-order chi connectivity index (χ1) is 23.3. The molecule has 0 amide bonds. The molecule has 222 valence electrons. The summed E-state index contributed by atoms with van der Waals surface area (Å²) in [5, 5.41) is 2.52. The monoisotopic (exact) mass is 599 g/mol. The Kier molecular flexibility index (Phi) is 7.63. The van der Waals surface area contributed by atoms with Gasteiger partial charge in [-0.1, -0.05) is 158 Å². The molecule has 1 heteroatoms. The van der Waals surface area contributed by atoms with Crippen LogP contribution in [0.25, 0.3) is 55.3 Å². The summed E-state index contributed by atoms with van der Waals surface area (Å²) < 4.78 is 0. The molecule has 0 aliphatic rings. The van der Waals surface area contributed by atoms with Gasteiger partial charge in [0.1, 0.15) is 0 Å². The third kappa shape index (κ3) is 5.83. The Morgan fingerprint density at radius 2 is 0.681 bits per heavy atom. The van der Waals surface area contributed by atoms with E-state index in [0.29, 0.717) is 0 Å². The normalized spacial score (nSPS) is 11.0. The second-order valence-corrected chi connectivity index (χ2v) is 11.8. The minimum atomic E-state index is 1.11. The molecular weight excluding hydrogens is 567 g/mol. The van der Waals surface area contributed by atoms with Crippen LogP contribution in [0.1, 0.15) is 0 Å². The van der Waals surface area contributed by atoms with Gasteiger partial charge in [-0.25, -0.2) is 0 Å². The third-order valence-electron chi connectivity index (χ3n) is 8.84. The lowest BCUT2D eigenvalue weighted by atomic mass is 9.95. The number of benzene rings is 8. The number of para-hydroxylation sites is 1. The van der Waals surface area contributed by atoms with E-state index in [1.54, 1.807) is 0 Å². The fourth-order valence-electron chi connectivity index (χ4n) is 6.50. The summed E-state index contributed by atoms with van der Waals surface area (Å²) in [4.78, 5) is 2.35. The predicted molar refractivity (Wildman–Crippen MR) is 200 cm³/mol. The Morgan fingerprint density at radius 3 is 1.38 bits per heavy atom. The van der Waals surface area contributed by atoms with Gasteiger partial charge in [0.05, 0.1) is 0 Å². The highest BCUT2D eigenvalue weighted by atomic mass is 15.1. The Labute approximate surface area is 276 Å². The van der Waals surface area contributed by atoms with Crippen molar-refractivity contribution in [1.29, 1.82) is 0 Å². The van der Waals surface area contributed by atoms with Gasteiger partial charge in [-0.3, -0.25) is 0 Å². The van der Waals surface area contributed by atoms with Crippen LogP contribution in [0.2, 0.25) is 0 Å². The van der Waals surface area contributed by atoms with Gasteiger partial charge >= 0.3 is 0 Å². The summed E-state index contributed by atoms with van der Waals surface area (Å²) in [6.07, 6.45) is 0.